The van der Waals surface area contributed by atoms with Gasteiger partial charge in [-0.05, 0) is 61.6 Å². The molecule has 0 unspecified atom stereocenters. The highest BCUT2D eigenvalue weighted by atomic mass is 16.5. The molecule has 0 fully saturated rings. The predicted molar refractivity (Wildman–Crippen MR) is 133 cm³/mol. The third-order valence-electron chi connectivity index (χ3n) is 5.36. The molecule has 0 amide bonds. The van der Waals surface area contributed by atoms with E-state index in [2.05, 4.69) is 30.8 Å². The number of esters is 2. The van der Waals surface area contributed by atoms with E-state index >= 15 is 0 Å². The van der Waals surface area contributed by atoms with Crippen molar-refractivity contribution in [1.29, 1.82) is 0 Å². The highest BCUT2D eigenvalue weighted by Crippen LogP contribution is 2.12. The Labute approximate surface area is 198 Å². The second kappa shape index (κ2) is 16.5. The molecule has 0 saturated carbocycles. The van der Waals surface area contributed by atoms with E-state index in [1.807, 2.05) is 36.4 Å². The van der Waals surface area contributed by atoms with Crippen LogP contribution >= 0.6 is 0 Å². The van der Waals surface area contributed by atoms with Crippen LogP contribution in [0.15, 0.2) is 79.4 Å². The minimum atomic E-state index is -0.402. The summed E-state index contributed by atoms with van der Waals surface area (Å²) in [7, 11) is 0. The molecule has 0 aliphatic heterocycles. The molecule has 2 aromatic rings. The van der Waals surface area contributed by atoms with Crippen molar-refractivity contribution in [3.8, 4) is 0 Å². The van der Waals surface area contributed by atoms with Crippen molar-refractivity contribution in [3.63, 3.8) is 0 Å². The summed E-state index contributed by atoms with van der Waals surface area (Å²) in [6.07, 6.45) is 14.1. The molecule has 0 bridgehead atoms. The van der Waals surface area contributed by atoms with Crippen LogP contribution in [0.2, 0.25) is 0 Å². The monoisotopic (exact) mass is 448 g/mol. The zero-order valence-corrected chi connectivity index (χ0v) is 19.5. The fourth-order valence-electron chi connectivity index (χ4n) is 3.44. The Kier molecular flexibility index (Phi) is 13.0. The molecule has 4 nitrogen and oxygen atoms in total. The van der Waals surface area contributed by atoms with Crippen molar-refractivity contribution in [3.05, 3.63) is 96.1 Å². The van der Waals surface area contributed by atoms with Gasteiger partial charge in [0.05, 0.1) is 6.61 Å². The van der Waals surface area contributed by atoms with Gasteiger partial charge < -0.3 is 9.47 Å². The number of carbonyl (C=O) groups excluding carboxylic acids is 2. The average molecular weight is 449 g/mol. The quantitative estimate of drug-likeness (QED) is 0.166. The minimum absolute atomic E-state index is 0.239. The van der Waals surface area contributed by atoms with Crippen LogP contribution in [-0.2, 0) is 38.5 Å². The maximum Gasteiger partial charge on any atom is 0.330 e. The zero-order valence-electron chi connectivity index (χ0n) is 19.5. The first-order valence-corrected chi connectivity index (χ1v) is 11.9. The van der Waals surface area contributed by atoms with Gasteiger partial charge in [0.2, 0.25) is 0 Å². The van der Waals surface area contributed by atoms with Gasteiger partial charge in [0.15, 0.2) is 0 Å². The van der Waals surface area contributed by atoms with Crippen LogP contribution in [0.25, 0.3) is 0 Å². The summed E-state index contributed by atoms with van der Waals surface area (Å²) in [5.74, 6) is -0.641. The van der Waals surface area contributed by atoms with Crippen LogP contribution in [0.3, 0.4) is 0 Å². The largest absolute Gasteiger partial charge is 0.463 e. The van der Waals surface area contributed by atoms with Crippen LogP contribution in [0.4, 0.5) is 0 Å². The van der Waals surface area contributed by atoms with E-state index in [4.69, 9.17) is 9.47 Å². The molecule has 0 radical (unpaired) electrons. The number of ether oxygens (including phenoxy) is 2. The Hall–Kier alpha value is -3.14. The molecule has 4 heteroatoms. The molecule has 0 heterocycles. The molecule has 176 valence electrons. The average Bonchev–Trinajstić information content (AvgIpc) is 2.85. The minimum Gasteiger partial charge on any atom is -0.463 e. The van der Waals surface area contributed by atoms with Crippen LogP contribution in [0.1, 0.15) is 61.6 Å². The van der Waals surface area contributed by atoms with Gasteiger partial charge in [-0.15, -0.1) is 0 Å². The van der Waals surface area contributed by atoms with Crippen LogP contribution in [0.5, 0.6) is 0 Å². The molecule has 0 N–H and O–H groups in total. The van der Waals surface area contributed by atoms with Crippen molar-refractivity contribution in [2.75, 3.05) is 6.61 Å². The number of hydrogen-bond donors (Lipinski definition) is 0. The Morgan fingerprint density at radius 3 is 2.06 bits per heavy atom. The number of allylic oxidation sites excluding steroid dienone is 1. The maximum atomic E-state index is 11.7. The second-order valence-electron chi connectivity index (χ2n) is 8.09. The van der Waals surface area contributed by atoms with Crippen molar-refractivity contribution in [2.24, 2.45) is 0 Å². The van der Waals surface area contributed by atoms with E-state index in [-0.39, 0.29) is 12.6 Å². The van der Waals surface area contributed by atoms with Gasteiger partial charge in [-0.25, -0.2) is 9.59 Å². The number of aryl methyl sites for hydroxylation is 2. The summed E-state index contributed by atoms with van der Waals surface area (Å²) in [4.78, 5) is 22.8. The molecule has 2 aromatic carbocycles. The first kappa shape index (κ1) is 26.1. The number of unbranched alkanes of at least 4 members (excludes halogenated alkanes) is 5. The van der Waals surface area contributed by atoms with Crippen molar-refractivity contribution >= 4 is 11.9 Å². The number of rotatable bonds is 16. The lowest BCUT2D eigenvalue weighted by atomic mass is 10.0. The van der Waals surface area contributed by atoms with Crippen molar-refractivity contribution in [2.45, 2.75) is 64.4 Å². The van der Waals surface area contributed by atoms with Crippen LogP contribution in [-0.4, -0.2) is 18.5 Å². The summed E-state index contributed by atoms with van der Waals surface area (Å²) in [5, 5.41) is 0. The second-order valence-corrected chi connectivity index (χ2v) is 8.09. The molecule has 0 spiro atoms. The van der Waals surface area contributed by atoms with Gasteiger partial charge in [0.1, 0.15) is 6.61 Å². The van der Waals surface area contributed by atoms with E-state index < -0.39 is 5.97 Å². The molecule has 33 heavy (non-hydrogen) atoms. The smallest absolute Gasteiger partial charge is 0.330 e. The topological polar surface area (TPSA) is 52.6 Å². The summed E-state index contributed by atoms with van der Waals surface area (Å²) in [6, 6.07) is 18.5. The van der Waals surface area contributed by atoms with E-state index in [0.29, 0.717) is 6.61 Å². The molecule has 2 rings (SSSR count). The van der Waals surface area contributed by atoms with E-state index in [1.165, 1.54) is 23.6 Å². The lowest BCUT2D eigenvalue weighted by molar-refractivity contribution is -0.139. The summed E-state index contributed by atoms with van der Waals surface area (Å²) < 4.78 is 10.3. The fourth-order valence-corrected chi connectivity index (χ4v) is 3.44. The Morgan fingerprint density at radius 1 is 0.697 bits per heavy atom. The normalized spacial score (nSPS) is 10.8. The highest BCUT2D eigenvalue weighted by Gasteiger charge is 2.00. The highest BCUT2D eigenvalue weighted by molar-refractivity contribution is 5.81. The predicted octanol–water partition coefficient (Wildman–Crippen LogP) is 6.53. The molecule has 0 aliphatic carbocycles. The van der Waals surface area contributed by atoms with Crippen LogP contribution < -0.4 is 0 Å². The summed E-state index contributed by atoms with van der Waals surface area (Å²) in [6.45, 7) is 4.15. The fraction of sp³-hybridized carbons (Fsp3) is 0.379. The van der Waals surface area contributed by atoms with Crippen LogP contribution in [0, 0.1) is 0 Å². The molecular weight excluding hydrogens is 412 g/mol. The van der Waals surface area contributed by atoms with Gasteiger partial charge in [-0.1, -0.05) is 80.1 Å². The first-order valence-electron chi connectivity index (χ1n) is 11.9. The Morgan fingerprint density at radius 2 is 1.33 bits per heavy atom. The third kappa shape index (κ3) is 12.5. The third-order valence-corrected chi connectivity index (χ3v) is 5.36. The van der Waals surface area contributed by atoms with E-state index in [1.54, 1.807) is 6.08 Å². The van der Waals surface area contributed by atoms with Gasteiger partial charge in [-0.3, -0.25) is 0 Å². The summed E-state index contributed by atoms with van der Waals surface area (Å²) >= 11 is 0. The number of carbonyl (C=O) groups is 2. The van der Waals surface area contributed by atoms with Crippen molar-refractivity contribution < 1.29 is 19.1 Å². The van der Waals surface area contributed by atoms with Gasteiger partial charge in [-0.2, -0.15) is 0 Å². The molecule has 0 aliphatic rings. The SMILES string of the molecule is C=CC(=O)OCc1ccc(CCCCCC/C=C/C(=O)OCCCCc2ccccc2)cc1. The van der Waals surface area contributed by atoms with Gasteiger partial charge >= 0.3 is 11.9 Å². The van der Waals surface area contributed by atoms with Gasteiger partial charge in [0, 0.05) is 12.2 Å². The molecular formula is C29H36O4. The van der Waals surface area contributed by atoms with E-state index in [9.17, 15) is 9.59 Å². The van der Waals surface area contributed by atoms with E-state index in [0.717, 1.165) is 56.9 Å². The Bertz CT molecular complexity index is 853. The lowest BCUT2D eigenvalue weighted by Gasteiger charge is -2.05. The molecule has 0 atom stereocenters. The lowest BCUT2D eigenvalue weighted by Crippen LogP contribution is -2.02. The van der Waals surface area contributed by atoms with Crippen molar-refractivity contribution in [1.82, 2.24) is 0 Å². The zero-order chi connectivity index (χ0) is 23.6. The standard InChI is InChI=1S/C29H36O4/c1-2-28(30)33-24-27-21-19-26(20-22-27)16-8-5-3-4-6-11-18-29(31)32-23-13-12-17-25-14-9-7-10-15-25/h2,7,9-11,14-15,18-22H,1,3-6,8,12-13,16-17,23-24H2/b18-11+. The number of hydrogen-bond acceptors (Lipinski definition) is 4. The van der Waals surface area contributed by atoms with Gasteiger partial charge in [0.25, 0.3) is 0 Å². The number of benzene rings is 2. The first-order chi connectivity index (χ1) is 16.2. The maximum absolute atomic E-state index is 11.7. The molecule has 0 saturated heterocycles. The Balaban J connectivity index is 1.43. The summed E-state index contributed by atoms with van der Waals surface area (Å²) in [5.41, 5.74) is 3.59. The molecule has 0 aromatic heterocycles.